The first-order valence-corrected chi connectivity index (χ1v) is 5.08. The molecule has 1 heterocycles. The molecular weight excluding hydrogens is 194 g/mol. The summed E-state index contributed by atoms with van der Waals surface area (Å²) in [6.45, 7) is 4.63. The standard InChI is InChI=1S/C10H19N3O2/c1-9(11)10-7-12-8-13(10)3-4-15-6-5-14-2/h7-9H,3-6,11H2,1-2H3. The number of hydrogen-bond donors (Lipinski definition) is 1. The highest BCUT2D eigenvalue weighted by atomic mass is 16.5. The first-order valence-electron chi connectivity index (χ1n) is 5.08. The van der Waals surface area contributed by atoms with Crippen LogP contribution in [0.4, 0.5) is 0 Å². The molecule has 1 atom stereocenters. The van der Waals surface area contributed by atoms with Gasteiger partial charge in [0.05, 0.1) is 31.8 Å². The van der Waals surface area contributed by atoms with E-state index in [1.807, 2.05) is 11.5 Å². The van der Waals surface area contributed by atoms with Crippen molar-refractivity contribution in [2.45, 2.75) is 19.5 Å². The summed E-state index contributed by atoms with van der Waals surface area (Å²) in [5.74, 6) is 0. The van der Waals surface area contributed by atoms with E-state index < -0.39 is 0 Å². The predicted octanol–water partition coefficient (Wildman–Crippen LogP) is 0.566. The third-order valence-corrected chi connectivity index (χ3v) is 2.12. The van der Waals surface area contributed by atoms with Gasteiger partial charge in [-0.3, -0.25) is 0 Å². The van der Waals surface area contributed by atoms with Gasteiger partial charge in [-0.25, -0.2) is 4.98 Å². The van der Waals surface area contributed by atoms with Gasteiger partial charge in [0.2, 0.25) is 0 Å². The fraction of sp³-hybridized carbons (Fsp3) is 0.700. The number of nitrogens with zero attached hydrogens (tertiary/aromatic N) is 2. The van der Waals surface area contributed by atoms with Crippen molar-refractivity contribution in [3.63, 3.8) is 0 Å². The molecule has 0 radical (unpaired) electrons. The first-order chi connectivity index (χ1) is 7.25. The lowest BCUT2D eigenvalue weighted by molar-refractivity contribution is 0.0663. The number of aromatic nitrogens is 2. The van der Waals surface area contributed by atoms with Crippen LogP contribution in [0.1, 0.15) is 18.7 Å². The zero-order valence-electron chi connectivity index (χ0n) is 9.35. The fourth-order valence-electron chi connectivity index (χ4n) is 1.30. The quantitative estimate of drug-likeness (QED) is 0.672. The van der Waals surface area contributed by atoms with E-state index in [-0.39, 0.29) is 6.04 Å². The lowest BCUT2D eigenvalue weighted by atomic mass is 10.3. The van der Waals surface area contributed by atoms with E-state index in [1.165, 1.54) is 0 Å². The molecule has 0 saturated carbocycles. The highest BCUT2D eigenvalue weighted by Crippen LogP contribution is 2.07. The summed E-state index contributed by atoms with van der Waals surface area (Å²) >= 11 is 0. The normalized spacial score (nSPS) is 13.0. The Kier molecular flexibility index (Phi) is 5.31. The number of ether oxygens (including phenoxy) is 2. The van der Waals surface area contributed by atoms with Crippen LogP contribution in [-0.4, -0.2) is 36.5 Å². The highest BCUT2D eigenvalue weighted by molar-refractivity contribution is 5.02. The number of imidazole rings is 1. The van der Waals surface area contributed by atoms with Crippen molar-refractivity contribution in [3.8, 4) is 0 Å². The summed E-state index contributed by atoms with van der Waals surface area (Å²) in [4.78, 5) is 4.06. The molecule has 0 aliphatic rings. The van der Waals surface area contributed by atoms with Gasteiger partial charge in [-0.2, -0.15) is 0 Å². The molecule has 0 aliphatic heterocycles. The molecule has 2 N–H and O–H groups in total. The van der Waals surface area contributed by atoms with Crippen LogP contribution in [0.2, 0.25) is 0 Å². The van der Waals surface area contributed by atoms with Crippen LogP contribution >= 0.6 is 0 Å². The number of hydrogen-bond acceptors (Lipinski definition) is 4. The average Bonchev–Trinajstić information content (AvgIpc) is 2.66. The van der Waals surface area contributed by atoms with E-state index in [0.29, 0.717) is 19.8 Å². The Morgan fingerprint density at radius 3 is 2.93 bits per heavy atom. The number of methoxy groups -OCH3 is 1. The number of nitrogens with two attached hydrogens (primary N) is 1. The zero-order valence-corrected chi connectivity index (χ0v) is 9.35. The van der Waals surface area contributed by atoms with Crippen LogP contribution in [0.15, 0.2) is 12.5 Å². The SMILES string of the molecule is COCCOCCn1cncc1C(C)N. The average molecular weight is 213 g/mol. The van der Waals surface area contributed by atoms with Gasteiger partial charge < -0.3 is 19.8 Å². The lowest BCUT2D eigenvalue weighted by Crippen LogP contribution is -2.15. The van der Waals surface area contributed by atoms with E-state index in [1.54, 1.807) is 19.6 Å². The molecule has 5 nitrogen and oxygen atoms in total. The predicted molar refractivity (Wildman–Crippen MR) is 57.5 cm³/mol. The van der Waals surface area contributed by atoms with Crippen LogP contribution in [0, 0.1) is 0 Å². The first kappa shape index (κ1) is 12.2. The van der Waals surface area contributed by atoms with Gasteiger partial charge in [0.25, 0.3) is 0 Å². The minimum absolute atomic E-state index is 0.00600. The monoisotopic (exact) mass is 213 g/mol. The van der Waals surface area contributed by atoms with Gasteiger partial charge in [0.15, 0.2) is 0 Å². The number of rotatable bonds is 7. The summed E-state index contributed by atoms with van der Waals surface area (Å²) < 4.78 is 12.3. The maximum absolute atomic E-state index is 5.79. The van der Waals surface area contributed by atoms with Crippen molar-refractivity contribution in [2.24, 2.45) is 5.73 Å². The molecule has 15 heavy (non-hydrogen) atoms. The largest absolute Gasteiger partial charge is 0.382 e. The van der Waals surface area contributed by atoms with E-state index in [0.717, 1.165) is 12.2 Å². The molecular formula is C10H19N3O2. The van der Waals surface area contributed by atoms with Gasteiger partial charge in [-0.05, 0) is 6.92 Å². The Bertz CT molecular complexity index is 273. The molecule has 0 spiro atoms. The summed E-state index contributed by atoms with van der Waals surface area (Å²) in [6.07, 6.45) is 3.57. The molecule has 0 fully saturated rings. The van der Waals surface area contributed by atoms with Crippen LogP contribution in [0.25, 0.3) is 0 Å². The van der Waals surface area contributed by atoms with Gasteiger partial charge in [0, 0.05) is 25.9 Å². The van der Waals surface area contributed by atoms with E-state index >= 15 is 0 Å². The van der Waals surface area contributed by atoms with Gasteiger partial charge in [0.1, 0.15) is 0 Å². The van der Waals surface area contributed by atoms with Crippen molar-refractivity contribution >= 4 is 0 Å². The molecule has 1 unspecified atom stereocenters. The van der Waals surface area contributed by atoms with Crippen molar-refractivity contribution in [1.29, 1.82) is 0 Å². The van der Waals surface area contributed by atoms with Crippen LogP contribution < -0.4 is 5.73 Å². The Hall–Kier alpha value is -0.910. The molecule has 1 aromatic rings. The third kappa shape index (κ3) is 3.99. The van der Waals surface area contributed by atoms with Crippen molar-refractivity contribution < 1.29 is 9.47 Å². The lowest BCUT2D eigenvalue weighted by Gasteiger charge is -2.10. The molecule has 5 heteroatoms. The molecule has 0 bridgehead atoms. The van der Waals surface area contributed by atoms with Crippen molar-refractivity contribution in [1.82, 2.24) is 9.55 Å². The van der Waals surface area contributed by atoms with Gasteiger partial charge >= 0.3 is 0 Å². The maximum Gasteiger partial charge on any atom is 0.0949 e. The second-order valence-corrected chi connectivity index (χ2v) is 3.41. The Labute approximate surface area is 90.2 Å². The highest BCUT2D eigenvalue weighted by Gasteiger charge is 2.05. The molecule has 1 rings (SSSR count). The molecule has 1 aromatic heterocycles. The third-order valence-electron chi connectivity index (χ3n) is 2.12. The van der Waals surface area contributed by atoms with E-state index in [4.69, 9.17) is 15.2 Å². The van der Waals surface area contributed by atoms with Crippen molar-refractivity contribution in [3.05, 3.63) is 18.2 Å². The van der Waals surface area contributed by atoms with Crippen LogP contribution in [-0.2, 0) is 16.0 Å². The smallest absolute Gasteiger partial charge is 0.0949 e. The minimum Gasteiger partial charge on any atom is -0.382 e. The minimum atomic E-state index is 0.00600. The molecule has 0 aromatic carbocycles. The van der Waals surface area contributed by atoms with Gasteiger partial charge in [-0.1, -0.05) is 0 Å². The summed E-state index contributed by atoms with van der Waals surface area (Å²) in [6, 6.07) is 0.00600. The van der Waals surface area contributed by atoms with Gasteiger partial charge in [-0.15, -0.1) is 0 Å². The van der Waals surface area contributed by atoms with E-state index in [2.05, 4.69) is 4.98 Å². The Balaban J connectivity index is 2.28. The summed E-state index contributed by atoms with van der Waals surface area (Å²) in [5.41, 5.74) is 6.82. The zero-order chi connectivity index (χ0) is 11.1. The second kappa shape index (κ2) is 6.55. The molecule has 86 valence electrons. The summed E-state index contributed by atoms with van der Waals surface area (Å²) in [7, 11) is 1.66. The maximum atomic E-state index is 5.79. The second-order valence-electron chi connectivity index (χ2n) is 3.41. The van der Waals surface area contributed by atoms with E-state index in [9.17, 15) is 0 Å². The Morgan fingerprint density at radius 2 is 2.27 bits per heavy atom. The Morgan fingerprint density at radius 1 is 1.47 bits per heavy atom. The van der Waals surface area contributed by atoms with Crippen LogP contribution in [0.5, 0.6) is 0 Å². The molecule has 0 aliphatic carbocycles. The molecule has 0 amide bonds. The fourth-order valence-corrected chi connectivity index (χ4v) is 1.30. The molecule has 0 saturated heterocycles. The summed E-state index contributed by atoms with van der Waals surface area (Å²) in [5, 5.41) is 0. The van der Waals surface area contributed by atoms with Crippen molar-refractivity contribution in [2.75, 3.05) is 26.9 Å². The van der Waals surface area contributed by atoms with Crippen LogP contribution in [0.3, 0.4) is 0 Å². The topological polar surface area (TPSA) is 62.3 Å².